The number of para-hydroxylation sites is 1. The first-order chi connectivity index (χ1) is 7.68. The quantitative estimate of drug-likeness (QED) is 0.560. The summed E-state index contributed by atoms with van der Waals surface area (Å²) < 4.78 is 13.1. The summed E-state index contributed by atoms with van der Waals surface area (Å²) in [6.07, 6.45) is 0. The molecule has 0 fully saturated rings. The second kappa shape index (κ2) is 3.97. The van der Waals surface area contributed by atoms with E-state index in [1.165, 1.54) is 18.2 Å². The van der Waals surface area contributed by atoms with Crippen molar-refractivity contribution >= 4 is 23.2 Å². The summed E-state index contributed by atoms with van der Waals surface area (Å²) in [5.41, 5.74) is 7.63. The fourth-order valence-electron chi connectivity index (χ4n) is 1.05. The van der Waals surface area contributed by atoms with Crippen LogP contribution in [0.2, 0.25) is 0 Å². The molecule has 0 radical (unpaired) electrons. The predicted molar refractivity (Wildman–Crippen MR) is 55.2 cm³/mol. The van der Waals surface area contributed by atoms with E-state index < -0.39 is 11.8 Å². The Balaban J connectivity index is 2.18. The van der Waals surface area contributed by atoms with Crippen molar-refractivity contribution < 1.29 is 14.0 Å². The third-order valence-corrected chi connectivity index (χ3v) is 1.82. The highest BCUT2D eigenvalue weighted by atomic mass is 19.1. The molecule has 0 atom stereocenters. The zero-order chi connectivity index (χ0) is 11.5. The van der Waals surface area contributed by atoms with Crippen molar-refractivity contribution in [2.75, 3.05) is 5.43 Å². The highest BCUT2D eigenvalue weighted by Gasteiger charge is 2.25. The lowest BCUT2D eigenvalue weighted by Crippen LogP contribution is -2.26. The molecule has 0 spiro atoms. The van der Waals surface area contributed by atoms with Crippen molar-refractivity contribution in [1.82, 2.24) is 0 Å². The minimum atomic E-state index is -0.777. The molecule has 6 nitrogen and oxygen atoms in total. The summed E-state index contributed by atoms with van der Waals surface area (Å²) in [5, 5.41) is 6.83. The zero-order valence-corrected chi connectivity index (χ0v) is 7.98. The molecule has 0 saturated heterocycles. The van der Waals surface area contributed by atoms with E-state index in [4.69, 9.17) is 5.73 Å². The van der Waals surface area contributed by atoms with Crippen LogP contribution in [0.25, 0.3) is 0 Å². The van der Waals surface area contributed by atoms with E-state index in [9.17, 15) is 9.18 Å². The molecule has 0 unspecified atom stereocenters. The van der Waals surface area contributed by atoms with Gasteiger partial charge in [0.15, 0.2) is 5.84 Å². The number of amidine groups is 1. The number of hydrazone groups is 1. The van der Waals surface area contributed by atoms with Gasteiger partial charge in [-0.1, -0.05) is 17.3 Å². The highest BCUT2D eigenvalue weighted by Crippen LogP contribution is 2.12. The lowest BCUT2D eigenvalue weighted by atomic mass is 10.3. The number of nitrogens with zero attached hydrogens (tertiary/aromatic N) is 2. The van der Waals surface area contributed by atoms with Gasteiger partial charge in [-0.05, 0) is 12.1 Å². The first-order valence-electron chi connectivity index (χ1n) is 4.32. The van der Waals surface area contributed by atoms with Gasteiger partial charge in [0.2, 0.25) is 5.71 Å². The standard InChI is InChI=1S/C9H7FN4O2/c10-5-3-1-2-4-6(5)12-13-7-8(11)14-16-9(7)15/h1-4,12H,(H2,11,14)/b13-7-. The maximum atomic E-state index is 13.1. The van der Waals surface area contributed by atoms with Crippen molar-refractivity contribution in [3.05, 3.63) is 30.1 Å². The molecule has 82 valence electrons. The minimum Gasteiger partial charge on any atom is -0.379 e. The number of hydrogen-bond acceptors (Lipinski definition) is 6. The Morgan fingerprint density at radius 2 is 2.19 bits per heavy atom. The third kappa shape index (κ3) is 1.83. The minimum absolute atomic E-state index is 0.127. The van der Waals surface area contributed by atoms with Gasteiger partial charge >= 0.3 is 5.97 Å². The van der Waals surface area contributed by atoms with Crippen LogP contribution in [0.5, 0.6) is 0 Å². The number of nitrogens with two attached hydrogens (primary N) is 1. The van der Waals surface area contributed by atoms with Gasteiger partial charge in [0, 0.05) is 0 Å². The van der Waals surface area contributed by atoms with Crippen molar-refractivity contribution in [2.45, 2.75) is 0 Å². The molecular formula is C9H7FN4O2. The van der Waals surface area contributed by atoms with Crippen LogP contribution in [0.4, 0.5) is 10.1 Å². The number of nitrogens with one attached hydrogen (secondary N) is 1. The molecule has 0 saturated carbocycles. The van der Waals surface area contributed by atoms with Gasteiger partial charge in [-0.2, -0.15) is 5.10 Å². The Bertz CT molecular complexity index is 498. The third-order valence-electron chi connectivity index (χ3n) is 1.82. The summed E-state index contributed by atoms with van der Waals surface area (Å²) in [6.45, 7) is 0. The van der Waals surface area contributed by atoms with Crippen LogP contribution in [-0.4, -0.2) is 17.5 Å². The number of carbonyl (C=O) groups is 1. The summed E-state index contributed by atoms with van der Waals surface area (Å²) in [5.74, 6) is -1.41. The Morgan fingerprint density at radius 1 is 1.44 bits per heavy atom. The molecule has 1 aliphatic rings. The van der Waals surface area contributed by atoms with E-state index in [1.54, 1.807) is 6.07 Å². The topological polar surface area (TPSA) is 89.1 Å². The first-order valence-corrected chi connectivity index (χ1v) is 4.32. The number of rotatable bonds is 2. The Hall–Kier alpha value is -2.44. The molecule has 1 aliphatic heterocycles. The number of carbonyl (C=O) groups excluding carboxylic acids is 1. The molecule has 0 amide bonds. The smallest absolute Gasteiger partial charge is 0.379 e. The monoisotopic (exact) mass is 222 g/mol. The van der Waals surface area contributed by atoms with Gasteiger partial charge in [-0.25, -0.2) is 9.18 Å². The van der Waals surface area contributed by atoms with Gasteiger partial charge in [0.1, 0.15) is 5.82 Å². The molecule has 2 rings (SSSR count). The SMILES string of the molecule is NC1=NOC(=O)/C1=N\Nc1ccccc1F. The van der Waals surface area contributed by atoms with Crippen LogP contribution in [-0.2, 0) is 9.63 Å². The fraction of sp³-hybridized carbons (Fsp3) is 0. The van der Waals surface area contributed by atoms with E-state index in [0.717, 1.165) is 0 Å². The summed E-state index contributed by atoms with van der Waals surface area (Å²) >= 11 is 0. The molecule has 1 aromatic rings. The summed E-state index contributed by atoms with van der Waals surface area (Å²) in [4.78, 5) is 15.3. The first kappa shape index (κ1) is 10.1. The molecule has 7 heteroatoms. The van der Waals surface area contributed by atoms with E-state index in [-0.39, 0.29) is 17.2 Å². The fourth-order valence-corrected chi connectivity index (χ4v) is 1.05. The Morgan fingerprint density at radius 3 is 2.81 bits per heavy atom. The number of hydrogen-bond donors (Lipinski definition) is 2. The normalized spacial score (nSPS) is 17.2. The van der Waals surface area contributed by atoms with Crippen molar-refractivity contribution in [1.29, 1.82) is 0 Å². The second-order valence-electron chi connectivity index (χ2n) is 2.91. The van der Waals surface area contributed by atoms with E-state index in [0.29, 0.717) is 0 Å². The van der Waals surface area contributed by atoms with Crippen LogP contribution in [0, 0.1) is 5.82 Å². The van der Waals surface area contributed by atoms with E-state index >= 15 is 0 Å². The largest absolute Gasteiger partial charge is 0.389 e. The zero-order valence-electron chi connectivity index (χ0n) is 7.98. The number of anilines is 1. The number of halogens is 1. The van der Waals surface area contributed by atoms with Crippen molar-refractivity contribution in [2.24, 2.45) is 16.0 Å². The number of oxime groups is 1. The van der Waals surface area contributed by atoms with Crippen LogP contribution in [0.1, 0.15) is 0 Å². The number of benzene rings is 1. The maximum Gasteiger partial charge on any atom is 0.389 e. The lowest BCUT2D eigenvalue weighted by Gasteiger charge is -2.01. The van der Waals surface area contributed by atoms with Gasteiger partial charge < -0.3 is 10.6 Å². The molecule has 0 bridgehead atoms. The Kier molecular flexibility index (Phi) is 2.50. The summed E-state index contributed by atoms with van der Waals surface area (Å²) in [7, 11) is 0. The average Bonchev–Trinajstić information content (AvgIpc) is 2.58. The van der Waals surface area contributed by atoms with Gasteiger partial charge in [0.25, 0.3) is 0 Å². The Labute approximate surface area is 89.6 Å². The molecule has 3 N–H and O–H groups in total. The molecule has 1 aromatic carbocycles. The van der Waals surface area contributed by atoms with Gasteiger partial charge in [0.05, 0.1) is 5.69 Å². The van der Waals surface area contributed by atoms with Gasteiger partial charge in [-0.15, -0.1) is 0 Å². The van der Waals surface area contributed by atoms with Crippen LogP contribution >= 0.6 is 0 Å². The molecular weight excluding hydrogens is 215 g/mol. The highest BCUT2D eigenvalue weighted by molar-refractivity contribution is 6.66. The molecule has 16 heavy (non-hydrogen) atoms. The van der Waals surface area contributed by atoms with E-state index in [2.05, 4.69) is 20.5 Å². The van der Waals surface area contributed by atoms with Crippen molar-refractivity contribution in [3.63, 3.8) is 0 Å². The maximum absolute atomic E-state index is 13.1. The van der Waals surface area contributed by atoms with Crippen LogP contribution < -0.4 is 11.2 Å². The second-order valence-corrected chi connectivity index (χ2v) is 2.91. The van der Waals surface area contributed by atoms with E-state index in [1.807, 2.05) is 0 Å². The van der Waals surface area contributed by atoms with Crippen LogP contribution in [0.15, 0.2) is 34.5 Å². The van der Waals surface area contributed by atoms with Crippen LogP contribution in [0.3, 0.4) is 0 Å². The average molecular weight is 222 g/mol. The molecule has 1 heterocycles. The summed E-state index contributed by atoms with van der Waals surface area (Å²) in [6, 6.07) is 5.88. The molecule has 0 aromatic heterocycles. The predicted octanol–water partition coefficient (Wildman–Crippen LogP) is 0.423. The lowest BCUT2D eigenvalue weighted by molar-refractivity contribution is -0.134. The van der Waals surface area contributed by atoms with Crippen molar-refractivity contribution in [3.8, 4) is 0 Å². The van der Waals surface area contributed by atoms with Gasteiger partial charge in [-0.3, -0.25) is 5.43 Å². The molecule has 0 aliphatic carbocycles.